The van der Waals surface area contributed by atoms with E-state index in [0.29, 0.717) is 39.8 Å². The lowest BCUT2D eigenvalue weighted by Crippen LogP contribution is -2.38. The molecule has 1 aliphatic heterocycles. The molecule has 0 unspecified atom stereocenters. The number of ether oxygens (including phenoxy) is 2. The number of fused-ring (bicyclic) bond motifs is 1. The van der Waals surface area contributed by atoms with Gasteiger partial charge in [0.2, 0.25) is 0 Å². The van der Waals surface area contributed by atoms with Crippen LogP contribution in [0, 0.1) is 0 Å². The molecule has 3 heterocycles. The number of amides is 1. The SMILES string of the molecule is C[C@@H](Oc1cccc2ncnc(Nc3ccc(OCc4ccccn4)c(Cl)c3)c12)C(=O)N1CCCC1. The fourth-order valence-corrected chi connectivity index (χ4v) is 4.41. The van der Waals surface area contributed by atoms with Crippen LogP contribution in [0.2, 0.25) is 5.02 Å². The number of hydrogen-bond donors (Lipinski definition) is 1. The maximum atomic E-state index is 12.8. The highest BCUT2D eigenvalue weighted by molar-refractivity contribution is 6.32. The molecule has 0 bridgehead atoms. The molecule has 1 amide bonds. The topological polar surface area (TPSA) is 89.5 Å². The first kappa shape index (κ1) is 23.8. The van der Waals surface area contributed by atoms with E-state index in [0.717, 1.165) is 37.3 Å². The van der Waals surface area contributed by atoms with Crippen molar-refractivity contribution in [2.45, 2.75) is 32.5 Å². The summed E-state index contributed by atoms with van der Waals surface area (Å²) in [7, 11) is 0. The molecule has 1 atom stereocenters. The highest BCUT2D eigenvalue weighted by Gasteiger charge is 2.25. The zero-order valence-corrected chi connectivity index (χ0v) is 20.6. The Kier molecular flexibility index (Phi) is 7.13. The number of aromatic nitrogens is 3. The minimum atomic E-state index is -0.619. The summed E-state index contributed by atoms with van der Waals surface area (Å²) < 4.78 is 12.0. The van der Waals surface area contributed by atoms with Gasteiger partial charge < -0.3 is 19.7 Å². The molecule has 9 heteroatoms. The molecule has 0 saturated carbocycles. The predicted molar refractivity (Wildman–Crippen MR) is 139 cm³/mol. The third kappa shape index (κ3) is 5.33. The molecule has 8 nitrogen and oxygen atoms in total. The molecule has 1 saturated heterocycles. The van der Waals surface area contributed by atoms with Crippen molar-refractivity contribution in [3.8, 4) is 11.5 Å². The fourth-order valence-electron chi connectivity index (χ4n) is 4.17. The molecule has 2 aromatic carbocycles. The van der Waals surface area contributed by atoms with Gasteiger partial charge in [0.15, 0.2) is 6.10 Å². The van der Waals surface area contributed by atoms with Gasteiger partial charge >= 0.3 is 0 Å². The molecule has 0 aliphatic carbocycles. The summed E-state index contributed by atoms with van der Waals surface area (Å²) in [5, 5.41) is 4.45. The van der Waals surface area contributed by atoms with E-state index in [1.54, 1.807) is 25.3 Å². The summed E-state index contributed by atoms with van der Waals surface area (Å²) in [4.78, 5) is 27.7. The zero-order chi connectivity index (χ0) is 24.9. The van der Waals surface area contributed by atoms with Gasteiger partial charge in [0.25, 0.3) is 5.91 Å². The summed E-state index contributed by atoms with van der Waals surface area (Å²) in [5.74, 6) is 1.63. The maximum absolute atomic E-state index is 12.8. The Bertz CT molecular complexity index is 1360. The third-order valence-corrected chi connectivity index (χ3v) is 6.29. The monoisotopic (exact) mass is 503 g/mol. The molecule has 1 fully saturated rings. The highest BCUT2D eigenvalue weighted by atomic mass is 35.5. The standard InChI is InChI=1S/C27H26ClN5O3/c1-18(27(34)33-13-4-5-14-33)36-24-9-6-8-22-25(24)26(31-17-30-22)32-19-10-11-23(21(28)15-19)35-16-20-7-2-3-12-29-20/h2-3,6-12,15,17-18H,4-5,13-14,16H2,1H3,(H,30,31,32)/t18-/m1/s1. The smallest absolute Gasteiger partial charge is 0.263 e. The Morgan fingerprint density at radius 3 is 2.69 bits per heavy atom. The average molecular weight is 504 g/mol. The molecule has 5 rings (SSSR count). The van der Waals surface area contributed by atoms with Crippen LogP contribution in [0.25, 0.3) is 10.9 Å². The minimum Gasteiger partial charge on any atom is -0.486 e. The number of carbonyl (C=O) groups excluding carboxylic acids is 1. The van der Waals surface area contributed by atoms with Crippen molar-refractivity contribution in [3.63, 3.8) is 0 Å². The Balaban J connectivity index is 1.35. The average Bonchev–Trinajstić information content (AvgIpc) is 3.44. The number of pyridine rings is 1. The van der Waals surface area contributed by atoms with Crippen LogP contribution in [-0.4, -0.2) is 45.0 Å². The van der Waals surface area contributed by atoms with Crippen molar-refractivity contribution in [2.75, 3.05) is 18.4 Å². The highest BCUT2D eigenvalue weighted by Crippen LogP contribution is 2.34. The van der Waals surface area contributed by atoms with Gasteiger partial charge in [-0.1, -0.05) is 23.7 Å². The molecule has 0 spiro atoms. The first-order valence-corrected chi connectivity index (χ1v) is 12.2. The number of hydrogen-bond acceptors (Lipinski definition) is 7. The molecule has 36 heavy (non-hydrogen) atoms. The van der Waals surface area contributed by atoms with Gasteiger partial charge in [-0.3, -0.25) is 9.78 Å². The fraction of sp³-hybridized carbons (Fsp3) is 0.259. The van der Waals surface area contributed by atoms with Crippen LogP contribution < -0.4 is 14.8 Å². The van der Waals surface area contributed by atoms with E-state index in [1.807, 2.05) is 47.4 Å². The van der Waals surface area contributed by atoms with Crippen LogP contribution >= 0.6 is 11.6 Å². The Hall–Kier alpha value is -3.91. The quantitative estimate of drug-likeness (QED) is 0.344. The molecular formula is C27H26ClN5O3. The molecule has 184 valence electrons. The first-order chi connectivity index (χ1) is 17.6. The van der Waals surface area contributed by atoms with Crippen LogP contribution in [0.1, 0.15) is 25.5 Å². The lowest BCUT2D eigenvalue weighted by atomic mass is 10.2. The van der Waals surface area contributed by atoms with Gasteiger partial charge in [-0.2, -0.15) is 0 Å². The van der Waals surface area contributed by atoms with E-state index in [4.69, 9.17) is 21.1 Å². The number of halogens is 1. The van der Waals surface area contributed by atoms with E-state index in [9.17, 15) is 4.79 Å². The molecular weight excluding hydrogens is 478 g/mol. The van der Waals surface area contributed by atoms with E-state index < -0.39 is 6.10 Å². The Morgan fingerprint density at radius 1 is 1.06 bits per heavy atom. The summed E-state index contributed by atoms with van der Waals surface area (Å²) >= 11 is 6.49. The predicted octanol–water partition coefficient (Wildman–Crippen LogP) is 5.39. The number of benzene rings is 2. The van der Waals surface area contributed by atoms with Gasteiger partial charge in [-0.15, -0.1) is 0 Å². The lowest BCUT2D eigenvalue weighted by molar-refractivity contribution is -0.136. The van der Waals surface area contributed by atoms with Gasteiger partial charge in [-0.25, -0.2) is 9.97 Å². The van der Waals surface area contributed by atoms with E-state index >= 15 is 0 Å². The van der Waals surface area contributed by atoms with Gasteiger partial charge in [0.05, 0.1) is 21.6 Å². The summed E-state index contributed by atoms with van der Waals surface area (Å²) in [6, 6.07) is 16.6. The Labute approximate surface area is 214 Å². The van der Waals surface area contributed by atoms with Gasteiger partial charge in [-0.05, 0) is 62.2 Å². The summed E-state index contributed by atoms with van der Waals surface area (Å²) in [5.41, 5.74) is 2.24. The number of nitrogens with one attached hydrogen (secondary N) is 1. The normalized spacial score (nSPS) is 14.0. The number of anilines is 2. The lowest BCUT2D eigenvalue weighted by Gasteiger charge is -2.22. The van der Waals surface area contributed by atoms with Crippen molar-refractivity contribution < 1.29 is 14.3 Å². The second-order valence-electron chi connectivity index (χ2n) is 8.54. The largest absolute Gasteiger partial charge is 0.486 e. The van der Waals surface area contributed by atoms with Crippen LogP contribution in [-0.2, 0) is 11.4 Å². The van der Waals surface area contributed by atoms with Crippen molar-refractivity contribution in [2.24, 2.45) is 0 Å². The van der Waals surface area contributed by atoms with Crippen molar-refractivity contribution in [1.82, 2.24) is 19.9 Å². The maximum Gasteiger partial charge on any atom is 0.263 e. The summed E-state index contributed by atoms with van der Waals surface area (Å²) in [6.07, 6.45) is 4.65. The molecule has 4 aromatic rings. The van der Waals surface area contributed by atoms with Crippen LogP contribution in [0.3, 0.4) is 0 Å². The van der Waals surface area contributed by atoms with Gasteiger partial charge in [0, 0.05) is 25.0 Å². The number of rotatable bonds is 8. The second-order valence-corrected chi connectivity index (χ2v) is 8.95. The molecule has 1 N–H and O–H groups in total. The number of carbonyl (C=O) groups is 1. The first-order valence-electron chi connectivity index (χ1n) is 11.9. The Morgan fingerprint density at radius 2 is 1.92 bits per heavy atom. The third-order valence-electron chi connectivity index (χ3n) is 5.99. The van der Waals surface area contributed by atoms with Crippen molar-refractivity contribution in [1.29, 1.82) is 0 Å². The van der Waals surface area contributed by atoms with Crippen LogP contribution in [0.5, 0.6) is 11.5 Å². The van der Waals surface area contributed by atoms with E-state index in [-0.39, 0.29) is 5.91 Å². The minimum absolute atomic E-state index is 0.0102. The van der Waals surface area contributed by atoms with Crippen molar-refractivity contribution in [3.05, 3.63) is 77.8 Å². The van der Waals surface area contributed by atoms with E-state index in [2.05, 4.69) is 20.3 Å². The van der Waals surface area contributed by atoms with Crippen LogP contribution in [0.4, 0.5) is 11.5 Å². The number of nitrogens with zero attached hydrogens (tertiary/aromatic N) is 4. The van der Waals surface area contributed by atoms with Crippen molar-refractivity contribution >= 4 is 39.9 Å². The summed E-state index contributed by atoms with van der Waals surface area (Å²) in [6.45, 7) is 3.65. The molecule has 1 aliphatic rings. The van der Waals surface area contributed by atoms with Crippen LogP contribution in [0.15, 0.2) is 67.1 Å². The second kappa shape index (κ2) is 10.8. The van der Waals surface area contributed by atoms with Gasteiger partial charge in [0.1, 0.15) is 30.3 Å². The molecule has 0 radical (unpaired) electrons. The van der Waals surface area contributed by atoms with E-state index in [1.165, 1.54) is 6.33 Å². The number of likely N-dealkylation sites (tertiary alicyclic amines) is 1. The molecule has 2 aromatic heterocycles. The zero-order valence-electron chi connectivity index (χ0n) is 19.9.